The molecule has 0 saturated carbocycles. The number of carbonyl (C=O) groups excluding carboxylic acids is 1. The molecule has 8 heteroatoms. The first-order valence-corrected chi connectivity index (χ1v) is 8.98. The normalized spacial score (nSPS) is 21.7. The number of amides is 1. The molecule has 2 N–H and O–H groups in total. The van der Waals surface area contributed by atoms with Crippen LogP contribution < -0.4 is 10.6 Å². The molecule has 1 aromatic carbocycles. The van der Waals surface area contributed by atoms with Crippen LogP contribution in [0.1, 0.15) is 6.42 Å². The maximum Gasteiger partial charge on any atom is 0.243 e. The Hall–Kier alpha value is -2.19. The Morgan fingerprint density at radius 1 is 1.35 bits per heavy atom. The van der Waals surface area contributed by atoms with Crippen molar-refractivity contribution in [1.29, 1.82) is 0 Å². The third-order valence-electron chi connectivity index (χ3n) is 4.75. The van der Waals surface area contributed by atoms with Crippen LogP contribution in [-0.4, -0.2) is 80.7 Å². The molecule has 1 unspecified atom stereocenters. The fourth-order valence-corrected chi connectivity index (χ4v) is 3.44. The molecule has 26 heavy (non-hydrogen) atoms. The first-order valence-electron chi connectivity index (χ1n) is 8.98. The molecular formula is C18H26FN5O2. The number of rotatable bonds is 4. The van der Waals surface area contributed by atoms with Gasteiger partial charge < -0.3 is 20.3 Å². The summed E-state index contributed by atoms with van der Waals surface area (Å²) in [5.74, 6) is 0.105. The van der Waals surface area contributed by atoms with Gasteiger partial charge in [-0.15, -0.1) is 0 Å². The van der Waals surface area contributed by atoms with Gasteiger partial charge in [-0.2, -0.15) is 0 Å². The van der Waals surface area contributed by atoms with E-state index in [9.17, 15) is 9.18 Å². The van der Waals surface area contributed by atoms with Crippen molar-refractivity contribution in [2.75, 3.05) is 58.3 Å². The van der Waals surface area contributed by atoms with E-state index in [4.69, 9.17) is 4.74 Å². The largest absolute Gasteiger partial charge is 0.379 e. The van der Waals surface area contributed by atoms with E-state index >= 15 is 0 Å². The summed E-state index contributed by atoms with van der Waals surface area (Å²) in [6, 6.07) is 6.35. The van der Waals surface area contributed by atoms with E-state index in [-0.39, 0.29) is 18.3 Å². The average molecular weight is 363 g/mol. The van der Waals surface area contributed by atoms with Crippen LogP contribution in [0.4, 0.5) is 10.1 Å². The predicted octanol–water partition coefficient (Wildman–Crippen LogP) is 0.746. The molecular weight excluding hydrogens is 337 g/mol. The van der Waals surface area contributed by atoms with Crippen molar-refractivity contribution in [1.82, 2.24) is 15.1 Å². The average Bonchev–Trinajstić information content (AvgIpc) is 3.13. The number of ether oxygens (including phenoxy) is 1. The third kappa shape index (κ3) is 4.92. The molecule has 2 fully saturated rings. The van der Waals surface area contributed by atoms with Gasteiger partial charge in [0.05, 0.1) is 19.8 Å². The fraction of sp³-hybridized carbons (Fsp3) is 0.556. The number of hydrogen-bond donors (Lipinski definition) is 2. The topological polar surface area (TPSA) is 69.2 Å². The molecule has 2 heterocycles. The van der Waals surface area contributed by atoms with E-state index < -0.39 is 0 Å². The van der Waals surface area contributed by atoms with Crippen LogP contribution in [0.3, 0.4) is 0 Å². The van der Waals surface area contributed by atoms with Gasteiger partial charge in [0.1, 0.15) is 5.82 Å². The second kappa shape index (κ2) is 8.95. The number of halogens is 1. The molecule has 2 saturated heterocycles. The lowest BCUT2D eigenvalue weighted by atomic mass is 10.2. The SMILES string of the molecule is CN=C(NCC(=O)Nc1cccc(F)c1)N1CCC(N2CCOCC2)C1. The van der Waals surface area contributed by atoms with Gasteiger partial charge in [-0.25, -0.2) is 4.39 Å². The molecule has 142 valence electrons. The van der Waals surface area contributed by atoms with Crippen LogP contribution >= 0.6 is 0 Å². The summed E-state index contributed by atoms with van der Waals surface area (Å²) in [6.07, 6.45) is 1.08. The lowest BCUT2D eigenvalue weighted by Gasteiger charge is -2.32. The number of carbonyl (C=O) groups is 1. The van der Waals surface area contributed by atoms with Gasteiger partial charge >= 0.3 is 0 Å². The molecule has 0 bridgehead atoms. The highest BCUT2D eigenvalue weighted by Gasteiger charge is 2.30. The van der Waals surface area contributed by atoms with Gasteiger partial charge in [-0.3, -0.25) is 14.7 Å². The highest BCUT2D eigenvalue weighted by atomic mass is 19.1. The summed E-state index contributed by atoms with van der Waals surface area (Å²) in [5, 5.41) is 5.77. The molecule has 2 aliphatic rings. The van der Waals surface area contributed by atoms with E-state index in [1.54, 1.807) is 19.2 Å². The summed E-state index contributed by atoms with van der Waals surface area (Å²) < 4.78 is 18.6. The van der Waals surface area contributed by atoms with Crippen molar-refractivity contribution in [2.45, 2.75) is 12.5 Å². The Labute approximate surface area is 153 Å². The van der Waals surface area contributed by atoms with Gasteiger partial charge in [0.15, 0.2) is 5.96 Å². The zero-order chi connectivity index (χ0) is 18.4. The van der Waals surface area contributed by atoms with Gasteiger partial charge in [-0.05, 0) is 24.6 Å². The molecule has 2 aliphatic heterocycles. The zero-order valence-corrected chi connectivity index (χ0v) is 15.1. The van der Waals surface area contributed by atoms with E-state index in [1.165, 1.54) is 12.1 Å². The van der Waals surface area contributed by atoms with Crippen LogP contribution in [0.2, 0.25) is 0 Å². The van der Waals surface area contributed by atoms with Crippen molar-refractivity contribution in [3.05, 3.63) is 30.1 Å². The number of benzene rings is 1. The lowest BCUT2D eigenvalue weighted by molar-refractivity contribution is -0.115. The number of anilines is 1. The molecule has 7 nitrogen and oxygen atoms in total. The monoisotopic (exact) mass is 363 g/mol. The summed E-state index contributed by atoms with van der Waals surface area (Å²) in [7, 11) is 1.72. The minimum atomic E-state index is -0.377. The maximum absolute atomic E-state index is 13.2. The van der Waals surface area contributed by atoms with Crippen LogP contribution in [-0.2, 0) is 9.53 Å². The highest BCUT2D eigenvalue weighted by molar-refractivity contribution is 5.95. The van der Waals surface area contributed by atoms with Crippen molar-refractivity contribution < 1.29 is 13.9 Å². The van der Waals surface area contributed by atoms with Gasteiger partial charge in [0.2, 0.25) is 5.91 Å². The summed E-state index contributed by atoms with van der Waals surface area (Å²) >= 11 is 0. The highest BCUT2D eigenvalue weighted by Crippen LogP contribution is 2.17. The van der Waals surface area contributed by atoms with Crippen molar-refractivity contribution in [3.8, 4) is 0 Å². The van der Waals surface area contributed by atoms with E-state index in [2.05, 4.69) is 25.4 Å². The van der Waals surface area contributed by atoms with E-state index in [0.717, 1.165) is 51.8 Å². The number of likely N-dealkylation sites (tertiary alicyclic amines) is 1. The van der Waals surface area contributed by atoms with E-state index in [1.807, 2.05) is 0 Å². The zero-order valence-electron chi connectivity index (χ0n) is 15.1. The Morgan fingerprint density at radius 3 is 2.88 bits per heavy atom. The summed E-state index contributed by atoms with van der Waals surface area (Å²) in [5.41, 5.74) is 0.445. The van der Waals surface area contributed by atoms with Crippen LogP contribution in [0, 0.1) is 5.82 Å². The molecule has 0 radical (unpaired) electrons. The quantitative estimate of drug-likeness (QED) is 0.610. The van der Waals surface area contributed by atoms with E-state index in [0.29, 0.717) is 11.7 Å². The van der Waals surface area contributed by atoms with Crippen molar-refractivity contribution in [3.63, 3.8) is 0 Å². The lowest BCUT2D eigenvalue weighted by Crippen LogP contribution is -2.47. The minimum absolute atomic E-state index is 0.0852. The Balaban J connectivity index is 1.46. The second-order valence-electron chi connectivity index (χ2n) is 6.50. The third-order valence-corrected chi connectivity index (χ3v) is 4.75. The van der Waals surface area contributed by atoms with Crippen molar-refractivity contribution in [2.24, 2.45) is 4.99 Å². The minimum Gasteiger partial charge on any atom is -0.379 e. The second-order valence-corrected chi connectivity index (χ2v) is 6.50. The molecule has 1 atom stereocenters. The first-order chi connectivity index (χ1) is 12.7. The smallest absolute Gasteiger partial charge is 0.243 e. The fourth-order valence-electron chi connectivity index (χ4n) is 3.44. The Kier molecular flexibility index (Phi) is 6.40. The summed E-state index contributed by atoms with van der Waals surface area (Å²) in [4.78, 5) is 21.0. The number of nitrogens with one attached hydrogen (secondary N) is 2. The van der Waals surface area contributed by atoms with Gasteiger partial charge in [0, 0.05) is 45.0 Å². The molecule has 0 aromatic heterocycles. The predicted molar refractivity (Wildman–Crippen MR) is 98.8 cm³/mol. The number of hydrogen-bond acceptors (Lipinski definition) is 4. The molecule has 0 spiro atoms. The maximum atomic E-state index is 13.2. The first kappa shape index (κ1) is 18.6. The van der Waals surface area contributed by atoms with Gasteiger partial charge in [0.25, 0.3) is 0 Å². The molecule has 1 amide bonds. The van der Waals surface area contributed by atoms with Gasteiger partial charge in [-0.1, -0.05) is 6.07 Å². The summed E-state index contributed by atoms with van der Waals surface area (Å²) in [6.45, 7) is 5.43. The Bertz CT molecular complexity index is 648. The van der Waals surface area contributed by atoms with Crippen LogP contribution in [0.25, 0.3) is 0 Å². The number of morpholine rings is 1. The number of nitrogens with zero attached hydrogens (tertiary/aromatic N) is 3. The number of guanidine groups is 1. The van der Waals surface area contributed by atoms with Crippen LogP contribution in [0.15, 0.2) is 29.3 Å². The molecule has 1 aromatic rings. The standard InChI is InChI=1S/C18H26FN5O2/c1-20-18(21-12-17(25)22-15-4-2-3-14(19)11-15)24-6-5-16(13-24)23-7-9-26-10-8-23/h2-4,11,16H,5-10,12-13H2,1H3,(H,20,21)(H,22,25). The molecule has 0 aliphatic carbocycles. The van der Waals surface area contributed by atoms with Crippen LogP contribution in [0.5, 0.6) is 0 Å². The number of aliphatic imine (C=N–C) groups is 1. The van der Waals surface area contributed by atoms with Crippen molar-refractivity contribution >= 4 is 17.6 Å². The Morgan fingerprint density at radius 2 is 2.15 bits per heavy atom. The molecule has 3 rings (SSSR count).